The van der Waals surface area contributed by atoms with Crippen molar-refractivity contribution >= 4 is 23.3 Å². The Hall–Kier alpha value is -4.79. The molecule has 3 amide bonds. The lowest BCUT2D eigenvalue weighted by molar-refractivity contribution is -0.119. The van der Waals surface area contributed by atoms with Gasteiger partial charge in [0, 0.05) is 18.3 Å². The third-order valence-corrected chi connectivity index (χ3v) is 7.23. The molecule has 0 saturated heterocycles. The van der Waals surface area contributed by atoms with Crippen molar-refractivity contribution in [2.75, 3.05) is 37.5 Å². The Morgan fingerprint density at radius 1 is 0.951 bits per heavy atom. The van der Waals surface area contributed by atoms with Crippen LogP contribution in [-0.2, 0) is 4.79 Å². The van der Waals surface area contributed by atoms with Gasteiger partial charge < -0.3 is 24.3 Å². The summed E-state index contributed by atoms with van der Waals surface area (Å²) in [4.78, 5) is 30.9. The van der Waals surface area contributed by atoms with E-state index < -0.39 is 17.9 Å². The predicted molar refractivity (Wildman–Crippen MR) is 157 cm³/mol. The zero-order valence-corrected chi connectivity index (χ0v) is 23.3. The van der Waals surface area contributed by atoms with Crippen LogP contribution in [0.4, 0.5) is 20.6 Å². The zero-order valence-electron chi connectivity index (χ0n) is 23.3. The minimum absolute atomic E-state index is 0.0617. The van der Waals surface area contributed by atoms with Crippen molar-refractivity contribution < 1.29 is 23.5 Å². The van der Waals surface area contributed by atoms with Crippen LogP contribution in [-0.4, -0.2) is 48.7 Å². The summed E-state index contributed by atoms with van der Waals surface area (Å²) >= 11 is 0. The number of urea groups is 1. The molecule has 0 spiro atoms. The molecule has 8 nitrogen and oxygen atoms in total. The Morgan fingerprint density at radius 2 is 1.71 bits per heavy atom. The number of benzene rings is 3. The predicted octanol–water partition coefficient (Wildman–Crippen LogP) is 6.40. The largest absolute Gasteiger partial charge is 0.497 e. The van der Waals surface area contributed by atoms with E-state index in [2.05, 4.69) is 9.88 Å². The maximum absolute atomic E-state index is 14.4. The fourth-order valence-electron chi connectivity index (χ4n) is 5.21. The van der Waals surface area contributed by atoms with Gasteiger partial charge in [0.05, 0.1) is 37.0 Å². The highest BCUT2D eigenvalue weighted by atomic mass is 19.1. The Labute approximate surface area is 238 Å². The van der Waals surface area contributed by atoms with Gasteiger partial charge in [0.15, 0.2) is 0 Å². The van der Waals surface area contributed by atoms with Crippen LogP contribution in [0.3, 0.4) is 0 Å². The zero-order chi connectivity index (χ0) is 28.9. The normalized spacial score (nSPS) is 13.7. The molecular formula is C32H33FN4O4. The second kappa shape index (κ2) is 12.2. The molecule has 0 aliphatic carbocycles. The van der Waals surface area contributed by atoms with E-state index in [0.717, 1.165) is 23.4 Å². The maximum atomic E-state index is 14.4. The van der Waals surface area contributed by atoms with Crippen molar-refractivity contribution in [3.63, 3.8) is 0 Å². The lowest BCUT2D eigenvalue weighted by Crippen LogP contribution is -2.48. The molecule has 2 heterocycles. The van der Waals surface area contributed by atoms with Gasteiger partial charge in [-0.2, -0.15) is 0 Å². The number of aromatic nitrogens is 1. The third-order valence-electron chi connectivity index (χ3n) is 7.23. The summed E-state index contributed by atoms with van der Waals surface area (Å²) in [7, 11) is 3.18. The summed E-state index contributed by atoms with van der Waals surface area (Å²) in [6, 6.07) is 21.9. The molecule has 4 aromatic rings. The van der Waals surface area contributed by atoms with E-state index in [1.807, 2.05) is 67.7 Å². The van der Waals surface area contributed by atoms with Gasteiger partial charge in [-0.25, -0.2) is 9.18 Å². The molecule has 1 atom stereocenters. The first kappa shape index (κ1) is 27.8. The van der Waals surface area contributed by atoms with Crippen molar-refractivity contribution in [1.82, 2.24) is 9.47 Å². The van der Waals surface area contributed by atoms with Crippen molar-refractivity contribution in [2.45, 2.75) is 25.8 Å². The second-order valence-corrected chi connectivity index (χ2v) is 9.75. The minimum Gasteiger partial charge on any atom is -0.497 e. The molecule has 0 saturated carbocycles. The van der Waals surface area contributed by atoms with Crippen LogP contribution in [0.25, 0.3) is 5.69 Å². The molecule has 1 N–H and O–H groups in total. The fraction of sp³-hybridized carbons (Fsp3) is 0.250. The molecule has 1 aromatic heterocycles. The van der Waals surface area contributed by atoms with Crippen molar-refractivity contribution in [1.29, 1.82) is 0 Å². The Kier molecular flexibility index (Phi) is 8.24. The number of nitrogens with one attached hydrogen (secondary N) is 1. The number of fused-ring (bicyclic) bond motifs is 3. The van der Waals surface area contributed by atoms with Crippen molar-refractivity contribution in [3.05, 3.63) is 102 Å². The summed E-state index contributed by atoms with van der Waals surface area (Å²) in [6.07, 6.45) is 3.47. The van der Waals surface area contributed by atoms with Gasteiger partial charge in [-0.15, -0.1) is 0 Å². The topological polar surface area (TPSA) is 76.0 Å². The molecule has 5 rings (SSSR count). The highest BCUT2D eigenvalue weighted by Gasteiger charge is 2.38. The van der Waals surface area contributed by atoms with Gasteiger partial charge in [-0.05, 0) is 61.0 Å². The Balaban J connectivity index is 1.56. The number of unbranched alkanes of at least 4 members (excludes halogenated alkanes) is 1. The van der Waals surface area contributed by atoms with E-state index in [-0.39, 0.29) is 18.1 Å². The molecule has 1 unspecified atom stereocenters. The molecule has 0 bridgehead atoms. The van der Waals surface area contributed by atoms with Gasteiger partial charge in [-0.1, -0.05) is 37.6 Å². The summed E-state index contributed by atoms with van der Waals surface area (Å²) in [6.45, 7) is 2.13. The van der Waals surface area contributed by atoms with Crippen molar-refractivity contribution in [3.8, 4) is 17.2 Å². The first-order valence-electron chi connectivity index (χ1n) is 13.6. The maximum Gasteiger partial charge on any atom is 0.322 e. The number of hydrogen-bond acceptors (Lipinski definition) is 4. The highest BCUT2D eigenvalue weighted by Crippen LogP contribution is 2.45. The number of carbonyl (C=O) groups is 2. The number of carbonyl (C=O) groups excluding carboxylic acids is 2. The number of halogens is 1. The third kappa shape index (κ3) is 5.48. The van der Waals surface area contributed by atoms with Crippen molar-refractivity contribution in [2.24, 2.45) is 0 Å². The summed E-state index contributed by atoms with van der Waals surface area (Å²) < 4.78 is 27.7. The standard InChI is InChI=1S/C32H33FN4O4/c1-4-5-18-35(32(39)34-25-12-7-6-11-24(25)33)21-30(38)37-27-14-9-8-13-26(27)36-19-10-15-28(36)31(37)23-20-22(40-2)16-17-29(23)41-3/h6-17,19-20,31H,4-5,18,21H2,1-3H3,(H,34,39). The van der Waals surface area contributed by atoms with E-state index in [1.54, 1.807) is 31.3 Å². The first-order valence-corrected chi connectivity index (χ1v) is 13.6. The average Bonchev–Trinajstić information content (AvgIpc) is 3.49. The fourth-order valence-corrected chi connectivity index (χ4v) is 5.21. The molecule has 0 radical (unpaired) electrons. The molecule has 41 heavy (non-hydrogen) atoms. The summed E-state index contributed by atoms with van der Waals surface area (Å²) in [5.41, 5.74) is 3.20. The SMILES string of the molecule is CCCCN(CC(=O)N1c2ccccc2-n2cccc2C1c1cc(OC)ccc1OC)C(=O)Nc1ccccc1F. The molecule has 0 fully saturated rings. The monoisotopic (exact) mass is 556 g/mol. The number of hydrogen-bond donors (Lipinski definition) is 1. The number of amides is 3. The molecule has 9 heteroatoms. The summed E-state index contributed by atoms with van der Waals surface area (Å²) in [5, 5.41) is 2.63. The van der Waals surface area contributed by atoms with E-state index in [9.17, 15) is 14.0 Å². The smallest absolute Gasteiger partial charge is 0.322 e. The number of nitrogens with zero attached hydrogens (tertiary/aromatic N) is 3. The number of anilines is 2. The highest BCUT2D eigenvalue weighted by molar-refractivity contribution is 6.01. The molecule has 212 valence electrons. The Bertz CT molecular complexity index is 1550. The van der Waals surface area contributed by atoms with Gasteiger partial charge in [0.25, 0.3) is 0 Å². The van der Waals surface area contributed by atoms with Gasteiger partial charge >= 0.3 is 6.03 Å². The lowest BCUT2D eigenvalue weighted by Gasteiger charge is -2.40. The molecular weight excluding hydrogens is 523 g/mol. The van der Waals surface area contributed by atoms with Crippen LogP contribution >= 0.6 is 0 Å². The van der Waals surface area contributed by atoms with Crippen LogP contribution in [0.5, 0.6) is 11.5 Å². The minimum atomic E-state index is -0.569. The second-order valence-electron chi connectivity index (χ2n) is 9.75. The number of rotatable bonds is 9. The van der Waals surface area contributed by atoms with E-state index in [1.165, 1.54) is 17.0 Å². The quantitative estimate of drug-likeness (QED) is 0.259. The first-order chi connectivity index (χ1) is 20.0. The number of para-hydroxylation sites is 3. The van der Waals surface area contributed by atoms with Gasteiger partial charge in [0.1, 0.15) is 29.9 Å². The molecule has 1 aliphatic heterocycles. The van der Waals surface area contributed by atoms with Gasteiger partial charge in [0.2, 0.25) is 5.91 Å². The van der Waals surface area contributed by atoms with Gasteiger partial charge in [-0.3, -0.25) is 9.69 Å². The van der Waals surface area contributed by atoms with Crippen LogP contribution in [0.2, 0.25) is 0 Å². The number of methoxy groups -OCH3 is 2. The van der Waals surface area contributed by atoms with E-state index in [0.29, 0.717) is 30.2 Å². The molecule has 3 aromatic carbocycles. The summed E-state index contributed by atoms with van der Waals surface area (Å²) in [5.74, 6) is 0.387. The van der Waals surface area contributed by atoms with Crippen LogP contribution in [0.15, 0.2) is 85.1 Å². The molecule has 1 aliphatic rings. The number of ether oxygens (including phenoxy) is 2. The van der Waals surface area contributed by atoms with Crippen LogP contribution < -0.4 is 19.7 Å². The van der Waals surface area contributed by atoms with E-state index in [4.69, 9.17) is 9.47 Å². The van der Waals surface area contributed by atoms with E-state index >= 15 is 0 Å². The van der Waals surface area contributed by atoms with Crippen LogP contribution in [0, 0.1) is 5.82 Å². The van der Waals surface area contributed by atoms with Crippen LogP contribution in [0.1, 0.15) is 37.1 Å². The average molecular weight is 557 g/mol. The lowest BCUT2D eigenvalue weighted by atomic mass is 9.96. The Morgan fingerprint density at radius 3 is 2.44 bits per heavy atom.